The molecule has 1 fully saturated rings. The number of rotatable bonds is 5. The Morgan fingerprint density at radius 1 is 0.667 bits per heavy atom. The maximum absolute atomic E-state index is 13.9. The summed E-state index contributed by atoms with van der Waals surface area (Å²) in [5.74, 6) is -7.33. The number of hydrogen-bond acceptors (Lipinski definition) is 18. The lowest BCUT2D eigenvalue weighted by atomic mass is 9.95. The van der Waals surface area contributed by atoms with Gasteiger partial charge in [-0.2, -0.15) is 0 Å². The van der Waals surface area contributed by atoms with Gasteiger partial charge >= 0.3 is 0 Å². The third kappa shape index (κ3) is 4.84. The van der Waals surface area contributed by atoms with E-state index < -0.39 is 144 Å². The van der Waals surface area contributed by atoms with Crippen molar-refractivity contribution in [2.45, 2.75) is 30.7 Å². The summed E-state index contributed by atoms with van der Waals surface area (Å²) in [7, 11) is 1.28. The van der Waals surface area contributed by atoms with Gasteiger partial charge in [-0.15, -0.1) is 0 Å². The maximum atomic E-state index is 13.9. The lowest BCUT2D eigenvalue weighted by Crippen LogP contribution is -2.60. The number of phenolic OH excluding ortho intramolecular Hbond substituents is 7. The van der Waals surface area contributed by atoms with Crippen LogP contribution in [-0.2, 0) is 4.74 Å². The number of fused-ring (bicyclic) bond motifs is 4. The van der Waals surface area contributed by atoms with E-state index in [-0.39, 0.29) is 11.3 Å². The highest BCUT2D eigenvalue weighted by atomic mass is 16.7. The van der Waals surface area contributed by atoms with Gasteiger partial charge in [-0.05, 0) is 12.1 Å². The second-order valence-electron chi connectivity index (χ2n) is 11.6. The summed E-state index contributed by atoms with van der Waals surface area (Å²) in [6.45, 7) is -0.887. The van der Waals surface area contributed by atoms with E-state index in [1.807, 2.05) is 0 Å². The van der Waals surface area contributed by atoms with Gasteiger partial charge in [-0.1, -0.05) is 0 Å². The molecule has 1 aliphatic rings. The molecule has 18 nitrogen and oxygen atoms in total. The Bertz CT molecular complexity index is 2550. The lowest BCUT2D eigenvalue weighted by molar-refractivity contribution is -0.277. The molecular formula is C33H26O18. The molecule has 2 aromatic heterocycles. The highest BCUT2D eigenvalue weighted by Gasteiger charge is 2.45. The number of aliphatic hydroxyl groups is 4. The van der Waals surface area contributed by atoms with Gasteiger partial charge < -0.3 is 79.2 Å². The largest absolute Gasteiger partial charge is 0.507 e. The predicted octanol–water partition coefficient (Wildman–Crippen LogP) is 0.999. The topological polar surface area (TPSA) is 311 Å². The van der Waals surface area contributed by atoms with Crippen molar-refractivity contribution >= 4 is 43.9 Å². The molecule has 5 atom stereocenters. The van der Waals surface area contributed by atoms with Crippen LogP contribution < -0.4 is 20.3 Å². The molecule has 0 spiro atoms. The minimum atomic E-state index is -2.09. The minimum absolute atomic E-state index is 0.0804. The Labute approximate surface area is 281 Å². The number of benzene rings is 4. The van der Waals surface area contributed by atoms with Crippen LogP contribution in [-0.4, -0.2) is 101 Å². The van der Waals surface area contributed by atoms with Crippen molar-refractivity contribution in [2.75, 3.05) is 13.7 Å². The van der Waals surface area contributed by atoms with Crippen LogP contribution in [0.4, 0.5) is 0 Å². The van der Waals surface area contributed by atoms with Crippen LogP contribution in [0.25, 0.3) is 55.0 Å². The number of hydrogen-bond donors (Lipinski definition) is 11. The van der Waals surface area contributed by atoms with Crippen molar-refractivity contribution in [1.82, 2.24) is 0 Å². The summed E-state index contributed by atoms with van der Waals surface area (Å²) < 4.78 is 27.4. The SMILES string of the molecule is COc1cc(O)c2c(=O)c3c(O)c(-c4c(O)c(OC5OC(CO)C(O)C(O)C5O)c(O)c5c(=O)c6cc(O)c(O)cc6oc45)cc(O)c3oc2c1. The molecule has 1 saturated heterocycles. The number of aromatic hydroxyl groups is 7. The van der Waals surface area contributed by atoms with Crippen LogP contribution in [0, 0.1) is 0 Å². The first-order valence-electron chi connectivity index (χ1n) is 14.8. The van der Waals surface area contributed by atoms with E-state index in [0.717, 1.165) is 24.3 Å². The van der Waals surface area contributed by atoms with E-state index in [4.69, 9.17) is 23.0 Å². The first-order valence-corrected chi connectivity index (χ1v) is 14.8. The van der Waals surface area contributed by atoms with Crippen molar-refractivity contribution in [3.8, 4) is 62.9 Å². The van der Waals surface area contributed by atoms with E-state index in [1.165, 1.54) is 13.2 Å². The monoisotopic (exact) mass is 710 g/mol. The number of phenols is 7. The Kier molecular flexibility index (Phi) is 7.65. The van der Waals surface area contributed by atoms with Crippen molar-refractivity contribution in [3.63, 3.8) is 0 Å². The molecule has 1 aliphatic heterocycles. The second-order valence-corrected chi connectivity index (χ2v) is 11.6. The molecular weight excluding hydrogens is 684 g/mol. The number of ether oxygens (including phenoxy) is 3. The highest BCUT2D eigenvalue weighted by molar-refractivity contribution is 6.10. The van der Waals surface area contributed by atoms with Crippen LogP contribution in [0.15, 0.2) is 48.8 Å². The minimum Gasteiger partial charge on any atom is -0.507 e. The van der Waals surface area contributed by atoms with Crippen LogP contribution in [0.5, 0.6) is 51.7 Å². The van der Waals surface area contributed by atoms with Gasteiger partial charge in [0.2, 0.25) is 22.9 Å². The van der Waals surface area contributed by atoms with Crippen LogP contribution in [0.1, 0.15) is 0 Å². The standard InChI is InChI=1S/C33H26O18/c1-47-8-2-13(37)19-16(3-8)49-30-14(38)5-10(23(40)20(30)25(19)42)18-26(43)32(51-33-29(46)28(45)24(41)17(7-34)50-33)27(44)21-22(39)9-4-11(35)12(36)6-15(9)48-31(18)21/h2-6,17,24,28-29,33-38,40-41,43-46H,7H2,1H3. The molecule has 6 aromatic rings. The van der Waals surface area contributed by atoms with Gasteiger partial charge in [0.15, 0.2) is 39.9 Å². The molecule has 5 unspecified atom stereocenters. The Morgan fingerprint density at radius 2 is 1.33 bits per heavy atom. The van der Waals surface area contributed by atoms with Crippen LogP contribution in [0.2, 0.25) is 0 Å². The van der Waals surface area contributed by atoms with E-state index in [1.54, 1.807) is 0 Å². The smallest absolute Gasteiger partial charge is 0.229 e. The molecule has 0 radical (unpaired) electrons. The lowest BCUT2D eigenvalue weighted by Gasteiger charge is -2.39. The van der Waals surface area contributed by atoms with E-state index in [2.05, 4.69) is 0 Å². The highest BCUT2D eigenvalue weighted by Crippen LogP contribution is 2.54. The molecule has 0 saturated carbocycles. The number of aliphatic hydroxyl groups excluding tert-OH is 4. The predicted molar refractivity (Wildman–Crippen MR) is 172 cm³/mol. The summed E-state index contributed by atoms with van der Waals surface area (Å²) in [6.07, 6.45) is -9.47. The molecule has 7 rings (SSSR count). The zero-order valence-electron chi connectivity index (χ0n) is 25.8. The fourth-order valence-electron chi connectivity index (χ4n) is 6.08. The van der Waals surface area contributed by atoms with Crippen molar-refractivity contribution in [1.29, 1.82) is 0 Å². The Hall–Kier alpha value is -6.18. The molecule has 18 heteroatoms. The fourth-order valence-corrected chi connectivity index (χ4v) is 6.08. The van der Waals surface area contributed by atoms with E-state index >= 15 is 0 Å². The molecule has 266 valence electrons. The van der Waals surface area contributed by atoms with Gasteiger partial charge in [0.25, 0.3) is 0 Å². The molecule has 3 heterocycles. The number of methoxy groups -OCH3 is 1. The third-order valence-corrected chi connectivity index (χ3v) is 8.66. The Morgan fingerprint density at radius 3 is 2.02 bits per heavy atom. The van der Waals surface area contributed by atoms with Gasteiger partial charge in [0.05, 0.1) is 24.7 Å². The molecule has 0 aliphatic carbocycles. The van der Waals surface area contributed by atoms with Gasteiger partial charge in [0, 0.05) is 23.8 Å². The van der Waals surface area contributed by atoms with Crippen molar-refractivity contribution in [2.24, 2.45) is 0 Å². The average molecular weight is 711 g/mol. The normalized spacial score (nSPS) is 20.8. The van der Waals surface area contributed by atoms with E-state index in [0.29, 0.717) is 0 Å². The first kappa shape index (κ1) is 33.3. The summed E-state index contributed by atoms with van der Waals surface area (Å²) >= 11 is 0. The maximum Gasteiger partial charge on any atom is 0.229 e. The molecule has 4 aromatic carbocycles. The summed E-state index contributed by atoms with van der Waals surface area (Å²) in [4.78, 5) is 27.6. The van der Waals surface area contributed by atoms with Gasteiger partial charge in [0.1, 0.15) is 69.0 Å². The molecule has 0 amide bonds. The van der Waals surface area contributed by atoms with Crippen molar-refractivity contribution < 1.29 is 79.2 Å². The Balaban J connectivity index is 1.58. The van der Waals surface area contributed by atoms with Gasteiger partial charge in [-0.3, -0.25) is 9.59 Å². The molecule has 51 heavy (non-hydrogen) atoms. The second kappa shape index (κ2) is 11.7. The molecule has 11 N–H and O–H groups in total. The van der Waals surface area contributed by atoms with Crippen LogP contribution in [0.3, 0.4) is 0 Å². The fraction of sp³-hybridized carbons (Fsp3) is 0.212. The molecule has 0 bridgehead atoms. The summed E-state index contributed by atoms with van der Waals surface area (Å²) in [5.41, 5.74) is -5.59. The zero-order valence-corrected chi connectivity index (χ0v) is 25.8. The van der Waals surface area contributed by atoms with Crippen LogP contribution >= 0.6 is 0 Å². The summed E-state index contributed by atoms with van der Waals surface area (Å²) in [5, 5.41) is 115. The average Bonchev–Trinajstić information content (AvgIpc) is 3.09. The quantitative estimate of drug-likeness (QED) is 0.0675. The third-order valence-electron chi connectivity index (χ3n) is 8.66. The zero-order chi connectivity index (χ0) is 36.8. The van der Waals surface area contributed by atoms with Crippen molar-refractivity contribution in [3.05, 3.63) is 50.8 Å². The first-order chi connectivity index (χ1) is 24.2. The van der Waals surface area contributed by atoms with E-state index in [9.17, 15) is 65.8 Å². The summed E-state index contributed by atoms with van der Waals surface area (Å²) in [6, 6.07) is 4.73. The van der Waals surface area contributed by atoms with Gasteiger partial charge in [-0.25, -0.2) is 0 Å².